The van der Waals surface area contributed by atoms with Gasteiger partial charge in [-0.15, -0.1) is 35.7 Å². The predicted molar refractivity (Wildman–Crippen MR) is 242 cm³/mol. The molecule has 4 aliphatic rings. The summed E-state index contributed by atoms with van der Waals surface area (Å²) in [6, 6.07) is 0. The zero-order valence-electron chi connectivity index (χ0n) is 35.0. The molecule has 56 heavy (non-hydrogen) atoms. The van der Waals surface area contributed by atoms with Gasteiger partial charge < -0.3 is 28.9 Å². The molecule has 2 saturated carbocycles. The lowest BCUT2D eigenvalue weighted by atomic mass is 9.78. The fourth-order valence-electron chi connectivity index (χ4n) is 6.65. The normalized spacial score (nSPS) is 20.1. The molecule has 23 heteroatoms. The molecule has 0 radical (unpaired) electrons. The van der Waals surface area contributed by atoms with Gasteiger partial charge in [-0.05, 0) is 92.8 Å². The van der Waals surface area contributed by atoms with Gasteiger partial charge in [-0.3, -0.25) is 8.37 Å². The first-order chi connectivity index (χ1) is 25.8. The third kappa shape index (κ3) is 25.8. The largest absolute Gasteiger partial charge is 0.454 e. The molecule has 0 aromatic rings. The van der Waals surface area contributed by atoms with E-state index in [1.165, 1.54) is 19.6 Å². The summed E-state index contributed by atoms with van der Waals surface area (Å²) < 4.78 is 68.8. The van der Waals surface area contributed by atoms with Gasteiger partial charge in [-0.25, -0.2) is 14.4 Å². The van der Waals surface area contributed by atoms with Crippen LogP contribution >= 0.6 is 55.3 Å². The number of carbonyl (C=O) groups is 3. The molecule has 2 saturated heterocycles. The molecule has 334 valence electrons. The average molecular weight is 956 g/mol. The molecule has 15 nitrogen and oxygen atoms in total. The van der Waals surface area contributed by atoms with Crippen LogP contribution in [0.15, 0.2) is 0 Å². The molecule has 6 atom stereocenters. The van der Waals surface area contributed by atoms with Gasteiger partial charge in [0.2, 0.25) is 0 Å². The van der Waals surface area contributed by atoms with Crippen LogP contribution in [-0.4, -0.2) is 138 Å². The van der Waals surface area contributed by atoms with Crippen molar-refractivity contribution in [3.8, 4) is 0 Å². The summed E-state index contributed by atoms with van der Waals surface area (Å²) in [7, 11) is 3.94. The highest BCUT2D eigenvalue weighted by Crippen LogP contribution is 2.48. The second-order valence-electron chi connectivity index (χ2n) is 14.7. The Labute approximate surface area is 354 Å². The van der Waals surface area contributed by atoms with E-state index in [-0.39, 0.29) is 35.2 Å². The lowest BCUT2D eigenvalue weighted by Crippen LogP contribution is -2.58. The average Bonchev–Trinajstić information content (AvgIpc) is 3.65. The van der Waals surface area contributed by atoms with Crippen LogP contribution in [0, 0.1) is 10.8 Å². The number of carbonyl (C=O) groups excluding carboxylic acids is 3. The van der Waals surface area contributed by atoms with Gasteiger partial charge in [0.1, 0.15) is 5.60 Å². The van der Waals surface area contributed by atoms with Crippen molar-refractivity contribution in [3.63, 3.8) is 0 Å². The van der Waals surface area contributed by atoms with E-state index >= 15 is 0 Å². The first kappa shape index (κ1) is 58.3. The topological polar surface area (TPSA) is 175 Å². The Hall–Kier alpha value is 0.230. The molecular formula is C33H71ClN3O12P5S2. The van der Waals surface area contributed by atoms with Crippen LogP contribution in [0.5, 0.6) is 0 Å². The lowest BCUT2D eigenvalue weighted by Gasteiger charge is -2.48. The van der Waals surface area contributed by atoms with Gasteiger partial charge >= 0.3 is 17.6 Å². The Morgan fingerprint density at radius 2 is 1.07 bits per heavy atom. The monoisotopic (exact) mass is 955 g/mol. The van der Waals surface area contributed by atoms with Crippen molar-refractivity contribution in [3.05, 3.63) is 0 Å². The summed E-state index contributed by atoms with van der Waals surface area (Å²) >= 11 is 4.72. The Morgan fingerprint density at radius 1 is 0.732 bits per heavy atom. The van der Waals surface area contributed by atoms with Crippen molar-refractivity contribution in [1.29, 1.82) is 0 Å². The number of likely N-dealkylation sites (tertiary alicyclic amines) is 2. The highest BCUT2D eigenvalue weighted by molar-refractivity contribution is 8.33. The van der Waals surface area contributed by atoms with E-state index in [4.69, 9.17) is 29.4 Å². The number of amides is 2. The van der Waals surface area contributed by atoms with Gasteiger partial charge in [0, 0.05) is 48.6 Å². The summed E-state index contributed by atoms with van der Waals surface area (Å²) in [6.07, 6.45) is 5.76. The number of halogens is 1. The zero-order valence-corrected chi connectivity index (χ0v) is 43.0. The van der Waals surface area contributed by atoms with Crippen LogP contribution in [0.3, 0.4) is 0 Å². The molecular weight excluding hydrogens is 885 g/mol. The van der Waals surface area contributed by atoms with E-state index in [9.17, 15) is 31.2 Å². The molecule has 0 aromatic carbocycles. The summed E-state index contributed by atoms with van der Waals surface area (Å²) in [5.74, 6) is 0. The van der Waals surface area contributed by atoms with E-state index in [1.54, 1.807) is 23.6 Å². The van der Waals surface area contributed by atoms with Crippen molar-refractivity contribution in [2.75, 3.05) is 71.5 Å². The van der Waals surface area contributed by atoms with E-state index < -0.39 is 31.3 Å². The van der Waals surface area contributed by atoms with Crippen molar-refractivity contribution in [2.24, 2.45) is 10.8 Å². The minimum absolute atomic E-state index is 0.0201. The first-order valence-electron chi connectivity index (χ1n) is 18.6. The molecule has 2 spiro atoms. The minimum Gasteiger partial charge on any atom is -0.454 e. The van der Waals surface area contributed by atoms with Crippen molar-refractivity contribution >= 4 is 93.1 Å². The second-order valence-corrected chi connectivity index (χ2v) is 22.5. The van der Waals surface area contributed by atoms with E-state index in [1.807, 2.05) is 20.8 Å². The summed E-state index contributed by atoms with van der Waals surface area (Å²) in [4.78, 5) is 38.6. The maximum atomic E-state index is 11.9. The molecule has 2 aliphatic heterocycles. The highest BCUT2D eigenvalue weighted by atomic mass is 35.5. The molecule has 0 bridgehead atoms. The van der Waals surface area contributed by atoms with Crippen LogP contribution in [0.2, 0.25) is 0 Å². The van der Waals surface area contributed by atoms with Gasteiger partial charge in [-0.2, -0.15) is 16.8 Å². The molecule has 2 amide bonds. The van der Waals surface area contributed by atoms with Gasteiger partial charge in [0.25, 0.3) is 20.2 Å². The summed E-state index contributed by atoms with van der Waals surface area (Å²) in [5.41, 5.74) is -1.16. The first-order valence-corrected chi connectivity index (χ1v) is 29.8. The molecule has 2 heterocycles. The highest BCUT2D eigenvalue weighted by Gasteiger charge is 2.52. The number of nitrogens with zero attached hydrogens (tertiary/aromatic N) is 3. The summed E-state index contributed by atoms with van der Waals surface area (Å²) in [5, 5.41) is 0. The van der Waals surface area contributed by atoms with Crippen LogP contribution in [0.25, 0.3) is 0 Å². The lowest BCUT2D eigenvalue weighted by molar-refractivity contribution is -0.0349. The minimum atomic E-state index is -3.40. The number of ether oxygens (including phenoxy) is 3. The molecule has 2 aliphatic carbocycles. The molecule has 4 rings (SSSR count). The Balaban J connectivity index is 0. The van der Waals surface area contributed by atoms with Gasteiger partial charge in [0.05, 0.1) is 37.9 Å². The van der Waals surface area contributed by atoms with Crippen LogP contribution in [0.1, 0.15) is 93.9 Å². The van der Waals surface area contributed by atoms with Crippen molar-refractivity contribution in [1.82, 2.24) is 14.7 Å². The second kappa shape index (κ2) is 28.7. The fourth-order valence-corrected chi connectivity index (χ4v) is 8.08. The summed E-state index contributed by atoms with van der Waals surface area (Å²) in [6.45, 7) is 22.4. The van der Waals surface area contributed by atoms with E-state index in [0.717, 1.165) is 46.2 Å². The molecule has 0 N–H and O–H groups in total. The van der Waals surface area contributed by atoms with Gasteiger partial charge in [-0.1, -0.05) is 28.7 Å². The predicted octanol–water partition coefficient (Wildman–Crippen LogP) is 7.35. The molecule has 4 fully saturated rings. The van der Waals surface area contributed by atoms with E-state index in [0.29, 0.717) is 52.2 Å². The van der Waals surface area contributed by atoms with Crippen molar-refractivity contribution < 1.29 is 53.8 Å². The number of hydrogen-bond acceptors (Lipinski definition) is 13. The molecule has 0 aromatic heterocycles. The zero-order chi connectivity index (χ0) is 44.0. The SMILES string of the molecule is CC(C)(C)OC(=O)N1CC2(CC[C@H](OS(C)(=O)=O)C2)C1.CCN(CC)CC.CCOC(=O)Cl.CCOC(=O)N1CC2(CC[C@H](OS(C)(=O)=O)C2)C1.PP.PPP. The molecule has 4 unspecified atom stereocenters. The van der Waals surface area contributed by atoms with Crippen LogP contribution in [0.4, 0.5) is 14.4 Å². The Bertz CT molecular complexity index is 1360. The van der Waals surface area contributed by atoms with Crippen molar-refractivity contribution in [2.45, 2.75) is 112 Å². The van der Waals surface area contributed by atoms with Crippen LogP contribution in [-0.2, 0) is 42.8 Å². The number of hydrogen-bond donors (Lipinski definition) is 0. The van der Waals surface area contributed by atoms with E-state index in [2.05, 4.69) is 66.1 Å². The third-order valence-electron chi connectivity index (χ3n) is 8.82. The van der Waals surface area contributed by atoms with Crippen LogP contribution < -0.4 is 0 Å². The maximum absolute atomic E-state index is 11.9. The smallest absolute Gasteiger partial charge is 0.410 e. The Kier molecular flexibility index (Phi) is 29.9. The number of rotatable bonds is 9. The fraction of sp³-hybridized carbons (Fsp3) is 0.909. The van der Waals surface area contributed by atoms with Gasteiger partial charge in [0.15, 0.2) is 0 Å². The maximum Gasteiger partial charge on any atom is 0.410 e. The Morgan fingerprint density at radius 3 is 1.30 bits per heavy atom. The standard InChI is InChI=1S/C13H23NO5S.C11H19NO5S.C6H15N.C3H5ClO2.H5P3.H4P2/c1-12(2,3)18-11(15)14-8-13(9-14)6-5-10(7-13)19-20(4,16)17;1-3-16-10(13)12-7-11(8-12)5-4-9(6-11)17-18(2,14)15;1-4-7(5-2)6-3;1-2-6-3(4)5;1-3-2;1-2/h10H,5-9H2,1-4H3;9H,3-8H2,1-2H3;4-6H2,1-3H3;2H2,1H3;3H,1-2H2;1-2H2/t10-;9-;;;;/m00..../s1. The third-order valence-corrected chi connectivity index (χ3v) is 10.2. The quantitative estimate of drug-likeness (QED) is 0.0972.